The topological polar surface area (TPSA) is 126 Å². The zero-order chi connectivity index (χ0) is 24.0. The molecule has 0 radical (unpaired) electrons. The number of nitrogens with one attached hydrogen (secondary N) is 2. The van der Waals surface area contributed by atoms with E-state index in [-0.39, 0.29) is 6.79 Å². The molecule has 10 heteroatoms. The van der Waals surface area contributed by atoms with Crippen LogP contribution >= 0.6 is 0 Å². The highest BCUT2D eigenvalue weighted by atomic mass is 19.1. The molecule has 4 N–H and O–H groups in total. The molecular formula is C23H25FN2O7. The number of rotatable bonds is 8. The molecule has 1 aliphatic heterocycles. The standard InChI is InChI=1S/C23H25FN2O7/c1-23(2,10-4-3-5-20(28)26-30)21(14-6-8-17(27)16(24)11-14)33-22(29)25-15-7-9-18-19(12-15)32-13-31-18/h3,5-9,11-12,21,27,30H,4,10,13H2,1-2H3,(H,25,29)(H,26,28)/b5-3+/t21-/m0/s1. The van der Waals surface area contributed by atoms with E-state index in [1.807, 2.05) is 13.8 Å². The summed E-state index contributed by atoms with van der Waals surface area (Å²) in [5.41, 5.74) is 1.58. The van der Waals surface area contributed by atoms with E-state index in [1.54, 1.807) is 24.3 Å². The lowest BCUT2D eigenvalue weighted by Gasteiger charge is -2.34. The molecule has 9 nitrogen and oxygen atoms in total. The maximum absolute atomic E-state index is 14.1. The molecule has 176 valence electrons. The summed E-state index contributed by atoms with van der Waals surface area (Å²) >= 11 is 0. The van der Waals surface area contributed by atoms with Crippen molar-refractivity contribution in [1.82, 2.24) is 5.48 Å². The zero-order valence-electron chi connectivity index (χ0n) is 18.1. The first-order valence-corrected chi connectivity index (χ1v) is 10.2. The van der Waals surface area contributed by atoms with Crippen LogP contribution in [-0.4, -0.2) is 29.1 Å². The molecule has 3 rings (SSSR count). The van der Waals surface area contributed by atoms with Crippen molar-refractivity contribution < 1.29 is 38.5 Å². The predicted molar refractivity (Wildman–Crippen MR) is 116 cm³/mol. The Balaban J connectivity index is 1.77. The van der Waals surface area contributed by atoms with Gasteiger partial charge in [-0.1, -0.05) is 26.0 Å². The lowest BCUT2D eigenvalue weighted by molar-refractivity contribution is -0.124. The van der Waals surface area contributed by atoms with Crippen LogP contribution in [0.25, 0.3) is 0 Å². The van der Waals surface area contributed by atoms with Gasteiger partial charge in [0.2, 0.25) is 6.79 Å². The Labute approximate surface area is 189 Å². The van der Waals surface area contributed by atoms with Gasteiger partial charge in [0.25, 0.3) is 5.91 Å². The predicted octanol–water partition coefficient (Wildman–Crippen LogP) is 4.42. The number of carbonyl (C=O) groups excluding carboxylic acids is 2. The Morgan fingerprint density at radius 2 is 1.97 bits per heavy atom. The third-order valence-electron chi connectivity index (χ3n) is 5.16. The number of aromatic hydroxyl groups is 1. The first kappa shape index (κ1) is 23.9. The molecular weight excluding hydrogens is 435 g/mol. The average molecular weight is 460 g/mol. The molecule has 0 aromatic heterocycles. The molecule has 0 aliphatic carbocycles. The first-order valence-electron chi connectivity index (χ1n) is 10.2. The summed E-state index contributed by atoms with van der Waals surface area (Å²) < 4.78 is 30.3. The van der Waals surface area contributed by atoms with Crippen LogP contribution in [0.15, 0.2) is 48.6 Å². The molecule has 1 heterocycles. The van der Waals surface area contributed by atoms with Crippen molar-refractivity contribution in [3.63, 3.8) is 0 Å². The number of hydrogen-bond donors (Lipinski definition) is 4. The van der Waals surface area contributed by atoms with Crippen LogP contribution in [-0.2, 0) is 9.53 Å². The van der Waals surface area contributed by atoms with E-state index in [0.717, 1.165) is 6.07 Å². The average Bonchev–Trinajstić information content (AvgIpc) is 3.24. The Kier molecular flexibility index (Phi) is 7.39. The zero-order valence-corrected chi connectivity index (χ0v) is 18.1. The summed E-state index contributed by atoms with van der Waals surface area (Å²) in [7, 11) is 0. The number of phenols is 1. The Hall–Kier alpha value is -3.79. The number of ether oxygens (including phenoxy) is 3. The van der Waals surface area contributed by atoms with Gasteiger partial charge in [0.05, 0.1) is 0 Å². The number of amides is 2. The van der Waals surface area contributed by atoms with E-state index in [2.05, 4.69) is 5.32 Å². The van der Waals surface area contributed by atoms with Crippen molar-refractivity contribution in [3.05, 3.63) is 59.9 Å². The number of fused-ring (bicyclic) bond motifs is 1. The molecule has 0 unspecified atom stereocenters. The fourth-order valence-electron chi connectivity index (χ4n) is 3.41. The number of allylic oxidation sites excluding steroid dienone is 1. The minimum absolute atomic E-state index is 0.0975. The minimum Gasteiger partial charge on any atom is -0.505 e. The summed E-state index contributed by atoms with van der Waals surface area (Å²) in [5.74, 6) is -0.964. The van der Waals surface area contributed by atoms with E-state index in [4.69, 9.17) is 19.4 Å². The summed E-state index contributed by atoms with van der Waals surface area (Å²) in [4.78, 5) is 23.9. The first-order chi connectivity index (χ1) is 15.7. The molecule has 2 aromatic carbocycles. The van der Waals surface area contributed by atoms with Crippen molar-refractivity contribution in [3.8, 4) is 17.2 Å². The molecule has 0 saturated heterocycles. The van der Waals surface area contributed by atoms with Gasteiger partial charge in [-0.05, 0) is 42.7 Å². The third kappa shape index (κ3) is 6.13. The van der Waals surface area contributed by atoms with Gasteiger partial charge in [0.1, 0.15) is 6.10 Å². The molecule has 2 amide bonds. The van der Waals surface area contributed by atoms with Crippen molar-refractivity contribution in [1.29, 1.82) is 0 Å². The van der Waals surface area contributed by atoms with Crippen molar-refractivity contribution in [2.24, 2.45) is 5.41 Å². The van der Waals surface area contributed by atoms with Crippen molar-refractivity contribution in [2.45, 2.75) is 32.8 Å². The second-order valence-corrected chi connectivity index (χ2v) is 8.09. The van der Waals surface area contributed by atoms with Gasteiger partial charge in [-0.25, -0.2) is 14.7 Å². The van der Waals surface area contributed by atoms with Gasteiger partial charge in [-0.15, -0.1) is 0 Å². The van der Waals surface area contributed by atoms with Gasteiger partial charge < -0.3 is 19.3 Å². The van der Waals surface area contributed by atoms with Gasteiger partial charge >= 0.3 is 6.09 Å². The van der Waals surface area contributed by atoms with Crippen molar-refractivity contribution in [2.75, 3.05) is 12.1 Å². The summed E-state index contributed by atoms with van der Waals surface area (Å²) in [5, 5.41) is 20.7. The molecule has 0 spiro atoms. The maximum atomic E-state index is 14.1. The molecule has 0 bridgehead atoms. The number of benzene rings is 2. The third-order valence-corrected chi connectivity index (χ3v) is 5.16. The SMILES string of the molecule is CC(C)(CC/C=C/C(=O)NO)[C@@H](OC(=O)Nc1ccc2c(c1)OCO2)c1ccc(O)c(F)c1. The van der Waals surface area contributed by atoms with Crippen LogP contribution in [0.2, 0.25) is 0 Å². The normalized spacial score (nSPS) is 13.6. The highest BCUT2D eigenvalue weighted by Gasteiger charge is 2.34. The molecule has 1 aliphatic rings. The van der Waals surface area contributed by atoms with E-state index in [9.17, 15) is 19.1 Å². The summed E-state index contributed by atoms with van der Waals surface area (Å²) in [6.45, 7) is 3.76. The van der Waals surface area contributed by atoms with Crippen LogP contribution in [0, 0.1) is 11.2 Å². The Morgan fingerprint density at radius 1 is 1.21 bits per heavy atom. The van der Waals surface area contributed by atoms with Crippen LogP contribution in [0.4, 0.5) is 14.9 Å². The molecule has 2 aromatic rings. The smallest absolute Gasteiger partial charge is 0.412 e. The molecule has 0 saturated carbocycles. The van der Waals surface area contributed by atoms with Gasteiger partial charge in [0, 0.05) is 23.2 Å². The molecule has 0 fully saturated rings. The maximum Gasteiger partial charge on any atom is 0.412 e. The number of phenolic OH excluding ortho intramolecular Hbond substituents is 1. The number of hydrogen-bond acceptors (Lipinski definition) is 7. The van der Waals surface area contributed by atoms with Gasteiger partial charge in [-0.3, -0.25) is 15.3 Å². The summed E-state index contributed by atoms with van der Waals surface area (Å²) in [6, 6.07) is 8.67. The highest BCUT2D eigenvalue weighted by molar-refractivity contribution is 5.86. The van der Waals surface area contributed by atoms with Crippen LogP contribution in [0.5, 0.6) is 17.2 Å². The Bertz CT molecular complexity index is 1060. The fourth-order valence-corrected chi connectivity index (χ4v) is 3.41. The largest absolute Gasteiger partial charge is 0.505 e. The lowest BCUT2D eigenvalue weighted by atomic mass is 9.78. The second-order valence-electron chi connectivity index (χ2n) is 8.09. The number of halogens is 1. The van der Waals surface area contributed by atoms with E-state index >= 15 is 0 Å². The van der Waals surface area contributed by atoms with E-state index in [1.165, 1.54) is 23.7 Å². The van der Waals surface area contributed by atoms with E-state index < -0.39 is 35.1 Å². The lowest BCUT2D eigenvalue weighted by Crippen LogP contribution is -2.29. The number of carbonyl (C=O) groups is 2. The highest BCUT2D eigenvalue weighted by Crippen LogP contribution is 2.42. The second kappa shape index (κ2) is 10.2. The molecule has 1 atom stereocenters. The van der Waals surface area contributed by atoms with Gasteiger partial charge in [-0.2, -0.15) is 0 Å². The minimum atomic E-state index is -0.887. The monoisotopic (exact) mass is 460 g/mol. The number of hydroxylamine groups is 1. The van der Waals surface area contributed by atoms with Crippen LogP contribution < -0.4 is 20.3 Å². The number of anilines is 1. The van der Waals surface area contributed by atoms with Crippen LogP contribution in [0.3, 0.4) is 0 Å². The van der Waals surface area contributed by atoms with E-state index in [0.29, 0.717) is 35.6 Å². The molecule has 33 heavy (non-hydrogen) atoms. The summed E-state index contributed by atoms with van der Waals surface area (Å²) in [6.07, 6.45) is 1.96. The van der Waals surface area contributed by atoms with Gasteiger partial charge in [0.15, 0.2) is 23.1 Å². The van der Waals surface area contributed by atoms with Crippen LogP contribution in [0.1, 0.15) is 38.4 Å². The Morgan fingerprint density at radius 3 is 2.70 bits per heavy atom. The van der Waals surface area contributed by atoms with Crippen molar-refractivity contribution >= 4 is 17.7 Å². The fraction of sp³-hybridized carbons (Fsp3) is 0.304. The quantitative estimate of drug-likeness (QED) is 0.261.